The molecule has 0 aliphatic carbocycles. The molecule has 0 amide bonds. The fourth-order valence-corrected chi connectivity index (χ4v) is 4.10. The van der Waals surface area contributed by atoms with Crippen LogP contribution in [-0.2, 0) is 7.05 Å². The lowest BCUT2D eigenvalue weighted by Gasteiger charge is -2.34. The van der Waals surface area contributed by atoms with Crippen LogP contribution in [-0.4, -0.2) is 24.3 Å². The first kappa shape index (κ1) is 19.4. The van der Waals surface area contributed by atoms with Crippen LogP contribution in [0.15, 0.2) is 53.3 Å². The first-order valence-corrected chi connectivity index (χ1v) is 10.1. The van der Waals surface area contributed by atoms with Crippen molar-refractivity contribution in [3.8, 4) is 11.8 Å². The number of hydrogen-bond donors (Lipinski definition) is 0. The molecular formula is C23H22ClN3O2. The summed E-state index contributed by atoms with van der Waals surface area (Å²) >= 11 is 5.91. The first-order chi connectivity index (χ1) is 14.1. The molecule has 4 rings (SSSR count). The van der Waals surface area contributed by atoms with Crippen LogP contribution in [0.3, 0.4) is 0 Å². The van der Waals surface area contributed by atoms with Gasteiger partial charge in [0.15, 0.2) is 0 Å². The molecule has 1 aliphatic heterocycles. The summed E-state index contributed by atoms with van der Waals surface area (Å²) in [6.07, 6.45) is 1.89. The zero-order valence-corrected chi connectivity index (χ0v) is 17.0. The molecule has 0 bridgehead atoms. The third-order valence-electron chi connectivity index (χ3n) is 5.62. The van der Waals surface area contributed by atoms with Crippen molar-refractivity contribution in [3.63, 3.8) is 0 Å². The Balaban J connectivity index is 1.52. The van der Waals surface area contributed by atoms with E-state index in [0.717, 1.165) is 48.3 Å². The number of aryl methyl sites for hydroxylation is 1. The monoisotopic (exact) mass is 407 g/mol. The molecule has 2 aromatic carbocycles. The number of nitriles is 1. The van der Waals surface area contributed by atoms with E-state index in [0.29, 0.717) is 17.5 Å². The second-order valence-electron chi connectivity index (χ2n) is 7.41. The van der Waals surface area contributed by atoms with Crippen molar-refractivity contribution in [2.45, 2.75) is 12.8 Å². The molecule has 3 aromatic rings. The van der Waals surface area contributed by atoms with E-state index in [2.05, 4.69) is 11.0 Å². The highest BCUT2D eigenvalue weighted by molar-refractivity contribution is 6.30. The lowest BCUT2D eigenvalue weighted by atomic mass is 9.96. The third kappa shape index (κ3) is 3.81. The zero-order valence-electron chi connectivity index (χ0n) is 16.3. The van der Waals surface area contributed by atoms with Gasteiger partial charge >= 0.3 is 0 Å². The van der Waals surface area contributed by atoms with Crippen LogP contribution in [0.2, 0.25) is 5.02 Å². The van der Waals surface area contributed by atoms with Crippen LogP contribution in [0.5, 0.6) is 5.75 Å². The number of hydrogen-bond acceptors (Lipinski definition) is 4. The second kappa shape index (κ2) is 8.18. The molecule has 6 heteroatoms. The van der Waals surface area contributed by atoms with Crippen molar-refractivity contribution in [3.05, 3.63) is 69.5 Å². The Hall–Kier alpha value is -2.97. The number of rotatable bonds is 4. The Bertz CT molecular complexity index is 1120. The number of pyridine rings is 1. The number of halogens is 1. The van der Waals surface area contributed by atoms with Crippen LogP contribution in [0, 0.1) is 17.2 Å². The van der Waals surface area contributed by atoms with E-state index in [1.165, 1.54) is 0 Å². The molecule has 0 saturated carbocycles. The van der Waals surface area contributed by atoms with Gasteiger partial charge in [-0.1, -0.05) is 29.8 Å². The van der Waals surface area contributed by atoms with E-state index in [-0.39, 0.29) is 11.1 Å². The van der Waals surface area contributed by atoms with Crippen LogP contribution >= 0.6 is 11.6 Å². The van der Waals surface area contributed by atoms with Crippen LogP contribution in [0.1, 0.15) is 18.4 Å². The maximum Gasteiger partial charge on any atom is 0.270 e. The molecular weight excluding hydrogens is 386 g/mol. The minimum Gasteiger partial charge on any atom is -0.493 e. The molecule has 1 aromatic heterocycles. The highest BCUT2D eigenvalue weighted by Gasteiger charge is 2.25. The fraction of sp³-hybridized carbons (Fsp3) is 0.304. The number of nitrogens with zero attached hydrogens (tertiary/aromatic N) is 3. The summed E-state index contributed by atoms with van der Waals surface area (Å²) in [6, 6.07) is 17.3. The molecule has 0 N–H and O–H groups in total. The van der Waals surface area contributed by atoms with Crippen molar-refractivity contribution >= 4 is 28.2 Å². The highest BCUT2D eigenvalue weighted by Crippen LogP contribution is 2.32. The highest BCUT2D eigenvalue weighted by atomic mass is 35.5. The Morgan fingerprint density at radius 2 is 1.83 bits per heavy atom. The molecule has 29 heavy (non-hydrogen) atoms. The second-order valence-corrected chi connectivity index (χ2v) is 7.85. The van der Waals surface area contributed by atoms with Crippen molar-refractivity contribution in [1.29, 1.82) is 5.26 Å². The van der Waals surface area contributed by atoms with Gasteiger partial charge in [-0.15, -0.1) is 0 Å². The van der Waals surface area contributed by atoms with Gasteiger partial charge in [-0.2, -0.15) is 5.26 Å². The molecule has 0 spiro atoms. The number of piperidine rings is 1. The summed E-state index contributed by atoms with van der Waals surface area (Å²) in [5.74, 6) is 1.26. The summed E-state index contributed by atoms with van der Waals surface area (Å²) in [4.78, 5) is 14.9. The number of ether oxygens (including phenoxy) is 1. The van der Waals surface area contributed by atoms with Crippen molar-refractivity contribution in [1.82, 2.24) is 4.57 Å². The van der Waals surface area contributed by atoms with Crippen LogP contribution in [0.25, 0.3) is 10.9 Å². The fourth-order valence-electron chi connectivity index (χ4n) is 3.98. The van der Waals surface area contributed by atoms with Crippen molar-refractivity contribution < 1.29 is 4.74 Å². The van der Waals surface area contributed by atoms with Gasteiger partial charge in [-0.3, -0.25) is 4.79 Å². The molecule has 148 valence electrons. The topological polar surface area (TPSA) is 58.3 Å². The van der Waals surface area contributed by atoms with E-state index in [1.807, 2.05) is 48.5 Å². The van der Waals surface area contributed by atoms with Gasteiger partial charge in [0, 0.05) is 30.5 Å². The number of aromatic nitrogens is 1. The Morgan fingerprint density at radius 1 is 1.14 bits per heavy atom. The van der Waals surface area contributed by atoms with E-state index < -0.39 is 0 Å². The lowest BCUT2D eigenvalue weighted by molar-refractivity contribution is 0.223. The minimum absolute atomic E-state index is 0.224. The van der Waals surface area contributed by atoms with E-state index in [1.54, 1.807) is 11.6 Å². The van der Waals surface area contributed by atoms with Crippen LogP contribution < -0.4 is 15.2 Å². The number of para-hydroxylation sites is 1. The first-order valence-electron chi connectivity index (χ1n) is 9.73. The molecule has 5 nitrogen and oxygen atoms in total. The average Bonchev–Trinajstić information content (AvgIpc) is 2.76. The standard InChI is InChI=1S/C23H22ClN3O2/c1-26-21-5-3-2-4-19(21)22(20(14-25)23(26)28)27-12-10-16(11-13-27)15-29-18-8-6-17(24)7-9-18/h2-9,16H,10-13,15H2,1H3. The quantitative estimate of drug-likeness (QED) is 0.644. The van der Waals surface area contributed by atoms with Gasteiger partial charge in [0.05, 0.1) is 17.8 Å². The summed E-state index contributed by atoms with van der Waals surface area (Å²) < 4.78 is 7.47. The zero-order chi connectivity index (χ0) is 20.4. The van der Waals surface area contributed by atoms with E-state index in [9.17, 15) is 10.1 Å². The summed E-state index contributed by atoms with van der Waals surface area (Å²) in [7, 11) is 1.72. The molecule has 0 radical (unpaired) electrons. The SMILES string of the molecule is Cn1c(=O)c(C#N)c(N2CCC(COc3ccc(Cl)cc3)CC2)c2ccccc21. The van der Waals surface area contributed by atoms with Gasteiger partial charge < -0.3 is 14.2 Å². The average molecular weight is 408 g/mol. The van der Waals surface area contributed by atoms with Gasteiger partial charge in [-0.25, -0.2) is 0 Å². The lowest BCUT2D eigenvalue weighted by Crippen LogP contribution is -2.37. The van der Waals surface area contributed by atoms with Gasteiger partial charge in [-0.05, 0) is 49.1 Å². The van der Waals surface area contributed by atoms with Crippen LogP contribution in [0.4, 0.5) is 5.69 Å². The molecule has 1 fully saturated rings. The van der Waals surface area contributed by atoms with Gasteiger partial charge in [0.2, 0.25) is 0 Å². The summed E-state index contributed by atoms with van der Waals surface area (Å²) in [5.41, 5.74) is 1.60. The molecule has 1 aliphatic rings. The Morgan fingerprint density at radius 3 is 2.52 bits per heavy atom. The molecule has 0 atom stereocenters. The normalized spacial score (nSPS) is 14.7. The van der Waals surface area contributed by atoms with Crippen molar-refractivity contribution in [2.75, 3.05) is 24.6 Å². The maximum atomic E-state index is 12.7. The molecule has 0 unspecified atom stereocenters. The predicted octanol–water partition coefficient (Wildman–Crippen LogP) is 4.36. The van der Waals surface area contributed by atoms with E-state index >= 15 is 0 Å². The Kier molecular flexibility index (Phi) is 5.46. The maximum absolute atomic E-state index is 12.7. The number of fused-ring (bicyclic) bond motifs is 1. The largest absolute Gasteiger partial charge is 0.493 e. The number of benzene rings is 2. The van der Waals surface area contributed by atoms with Gasteiger partial charge in [0.25, 0.3) is 5.56 Å². The summed E-state index contributed by atoms with van der Waals surface area (Å²) in [5, 5.41) is 11.3. The molecule has 2 heterocycles. The van der Waals surface area contributed by atoms with E-state index in [4.69, 9.17) is 16.3 Å². The third-order valence-corrected chi connectivity index (χ3v) is 5.87. The van der Waals surface area contributed by atoms with Crippen molar-refractivity contribution in [2.24, 2.45) is 13.0 Å². The smallest absolute Gasteiger partial charge is 0.270 e. The minimum atomic E-state index is -0.241. The number of anilines is 1. The molecule has 1 saturated heterocycles. The summed E-state index contributed by atoms with van der Waals surface area (Å²) in [6.45, 7) is 2.23. The van der Waals surface area contributed by atoms with Gasteiger partial charge in [0.1, 0.15) is 17.4 Å². The predicted molar refractivity (Wildman–Crippen MR) is 116 cm³/mol. The Labute approximate surface area is 174 Å².